The fourth-order valence-electron chi connectivity index (χ4n) is 4.42. The third kappa shape index (κ3) is 3.61. The van der Waals surface area contributed by atoms with Gasteiger partial charge in [0.15, 0.2) is 5.78 Å². The number of aliphatic imine (C=N–C) groups is 1. The van der Waals surface area contributed by atoms with Crippen LogP contribution in [0.5, 0.6) is 5.75 Å². The van der Waals surface area contributed by atoms with E-state index in [2.05, 4.69) is 5.92 Å². The Morgan fingerprint density at radius 3 is 2.34 bits per heavy atom. The number of halogens is 1. The second kappa shape index (κ2) is 7.89. The lowest BCUT2D eigenvalue weighted by Crippen LogP contribution is -2.32. The van der Waals surface area contributed by atoms with Crippen molar-refractivity contribution in [2.24, 2.45) is 10.9 Å². The lowest BCUT2D eigenvalue weighted by atomic mass is 9.69. The summed E-state index contributed by atoms with van der Waals surface area (Å²) in [6.07, 6.45) is 7.06. The van der Waals surface area contributed by atoms with Gasteiger partial charge >= 0.3 is 0 Å². The molecule has 0 saturated heterocycles. The predicted molar refractivity (Wildman–Crippen MR) is 117 cm³/mol. The zero-order valence-corrected chi connectivity index (χ0v) is 17.2. The Balaban J connectivity index is 1.76. The van der Waals surface area contributed by atoms with Crippen molar-refractivity contribution in [3.8, 4) is 18.1 Å². The summed E-state index contributed by atoms with van der Waals surface area (Å²) in [5, 5.41) is 0.693. The van der Waals surface area contributed by atoms with Crippen molar-refractivity contribution in [2.45, 2.75) is 31.6 Å². The van der Waals surface area contributed by atoms with Gasteiger partial charge in [0.25, 0.3) is 0 Å². The van der Waals surface area contributed by atoms with Crippen LogP contribution in [0, 0.1) is 18.3 Å². The standard InChI is InChI=1S/C25H22ClNO2/c1-4-21-15(2)27-22-13-18(16-5-9-19(26)10-6-16)14-23(28)25(22)24(21)17-7-11-20(29-3)12-8-17/h1,5-12,18,21,24H,13-14H2,2-3H3. The number of ketones is 1. The van der Waals surface area contributed by atoms with Gasteiger partial charge in [0.2, 0.25) is 0 Å². The monoisotopic (exact) mass is 403 g/mol. The molecular weight excluding hydrogens is 382 g/mol. The number of Topliss-reactive ketones (excluding diaryl/α,β-unsaturated/α-hetero) is 1. The molecule has 2 aromatic carbocycles. The average molecular weight is 404 g/mol. The van der Waals surface area contributed by atoms with E-state index in [1.165, 1.54) is 0 Å². The molecular formula is C25H22ClNO2. The van der Waals surface area contributed by atoms with E-state index in [0.717, 1.165) is 40.3 Å². The first kappa shape index (κ1) is 19.5. The minimum atomic E-state index is -0.224. The molecule has 146 valence electrons. The van der Waals surface area contributed by atoms with E-state index < -0.39 is 0 Å². The summed E-state index contributed by atoms with van der Waals surface area (Å²) in [6.45, 7) is 1.96. The molecule has 1 aliphatic carbocycles. The molecule has 0 amide bonds. The van der Waals surface area contributed by atoms with Crippen molar-refractivity contribution in [1.29, 1.82) is 0 Å². The first-order valence-electron chi connectivity index (χ1n) is 9.68. The van der Waals surface area contributed by atoms with Crippen LogP contribution >= 0.6 is 11.6 Å². The lowest BCUT2D eigenvalue weighted by molar-refractivity contribution is -0.116. The summed E-state index contributed by atoms with van der Waals surface area (Å²) in [5.74, 6) is 3.49. The fourth-order valence-corrected chi connectivity index (χ4v) is 4.54. The Bertz CT molecular complexity index is 1040. The number of rotatable bonds is 3. The summed E-state index contributed by atoms with van der Waals surface area (Å²) in [4.78, 5) is 18.1. The first-order valence-corrected chi connectivity index (χ1v) is 10.1. The van der Waals surface area contributed by atoms with Crippen molar-refractivity contribution in [3.63, 3.8) is 0 Å². The SMILES string of the molecule is C#CC1C(C)=NC2=C(C(=O)CC(c3ccc(Cl)cc3)C2)C1c1ccc(OC)cc1. The highest BCUT2D eigenvalue weighted by molar-refractivity contribution is 6.30. The van der Waals surface area contributed by atoms with Gasteiger partial charge in [-0.25, -0.2) is 0 Å². The molecule has 0 N–H and O–H groups in total. The summed E-state index contributed by atoms with van der Waals surface area (Å²) >= 11 is 6.02. The van der Waals surface area contributed by atoms with E-state index in [9.17, 15) is 4.79 Å². The van der Waals surface area contributed by atoms with E-state index in [0.29, 0.717) is 11.4 Å². The van der Waals surface area contributed by atoms with Crippen molar-refractivity contribution in [3.05, 3.63) is 76.0 Å². The van der Waals surface area contributed by atoms with Crippen molar-refractivity contribution < 1.29 is 9.53 Å². The van der Waals surface area contributed by atoms with Crippen LogP contribution in [0.1, 0.15) is 42.7 Å². The van der Waals surface area contributed by atoms with Gasteiger partial charge in [-0.3, -0.25) is 9.79 Å². The van der Waals surface area contributed by atoms with Gasteiger partial charge in [0.05, 0.1) is 13.0 Å². The largest absolute Gasteiger partial charge is 0.497 e. The van der Waals surface area contributed by atoms with Gasteiger partial charge in [0.1, 0.15) is 5.75 Å². The molecule has 2 aromatic rings. The van der Waals surface area contributed by atoms with Crippen LogP contribution in [0.15, 0.2) is 64.8 Å². The molecule has 0 radical (unpaired) electrons. The minimum absolute atomic E-state index is 0.106. The second-order valence-electron chi connectivity index (χ2n) is 7.59. The van der Waals surface area contributed by atoms with Gasteiger partial charge in [-0.15, -0.1) is 6.42 Å². The quantitative estimate of drug-likeness (QED) is 0.629. The van der Waals surface area contributed by atoms with E-state index in [1.807, 2.05) is 55.5 Å². The predicted octanol–water partition coefficient (Wildman–Crippen LogP) is 5.56. The molecule has 0 saturated carbocycles. The number of allylic oxidation sites excluding steroid dienone is 2. The van der Waals surface area contributed by atoms with Crippen LogP contribution in [0.25, 0.3) is 0 Å². The first-order chi connectivity index (χ1) is 14.0. The number of terminal acetylenes is 1. The molecule has 3 atom stereocenters. The smallest absolute Gasteiger partial charge is 0.161 e. The molecule has 1 heterocycles. The summed E-state index contributed by atoms with van der Waals surface area (Å²) in [5.41, 5.74) is 4.66. The average Bonchev–Trinajstić information content (AvgIpc) is 2.73. The number of carbonyl (C=O) groups excluding carboxylic acids is 1. The Kier molecular flexibility index (Phi) is 5.30. The highest BCUT2D eigenvalue weighted by Crippen LogP contribution is 2.46. The highest BCUT2D eigenvalue weighted by atomic mass is 35.5. The number of nitrogens with zero attached hydrogens (tertiary/aromatic N) is 1. The third-order valence-electron chi connectivity index (χ3n) is 5.88. The maximum Gasteiger partial charge on any atom is 0.161 e. The van der Waals surface area contributed by atoms with Gasteiger partial charge in [-0.2, -0.15) is 0 Å². The van der Waals surface area contributed by atoms with Gasteiger partial charge < -0.3 is 4.74 Å². The number of hydrogen-bond acceptors (Lipinski definition) is 3. The normalized spacial score (nSPS) is 23.9. The summed E-state index contributed by atoms with van der Waals surface area (Å²) in [6, 6.07) is 15.5. The number of carbonyl (C=O) groups is 1. The van der Waals surface area contributed by atoms with Crippen molar-refractivity contribution >= 4 is 23.1 Å². The number of benzene rings is 2. The maximum absolute atomic E-state index is 13.3. The second-order valence-corrected chi connectivity index (χ2v) is 8.03. The van der Waals surface area contributed by atoms with Crippen molar-refractivity contribution in [2.75, 3.05) is 7.11 Å². The highest BCUT2D eigenvalue weighted by Gasteiger charge is 2.40. The molecule has 0 fully saturated rings. The van der Waals surface area contributed by atoms with Crippen LogP contribution in [0.2, 0.25) is 5.02 Å². The lowest BCUT2D eigenvalue weighted by Gasteiger charge is -2.35. The Morgan fingerprint density at radius 2 is 1.72 bits per heavy atom. The number of methoxy groups -OCH3 is 1. The maximum atomic E-state index is 13.3. The molecule has 2 aliphatic rings. The van der Waals surface area contributed by atoms with Crippen LogP contribution in [0.4, 0.5) is 0 Å². The van der Waals surface area contributed by atoms with Crippen LogP contribution in [-0.4, -0.2) is 18.6 Å². The molecule has 1 aliphatic heterocycles. The van der Waals surface area contributed by atoms with Crippen LogP contribution < -0.4 is 4.74 Å². The molecule has 4 rings (SSSR count). The molecule has 3 nitrogen and oxygen atoms in total. The summed E-state index contributed by atoms with van der Waals surface area (Å²) in [7, 11) is 1.64. The van der Waals surface area contributed by atoms with E-state index in [1.54, 1.807) is 7.11 Å². The summed E-state index contributed by atoms with van der Waals surface area (Å²) < 4.78 is 5.28. The molecule has 0 aromatic heterocycles. The number of hydrogen-bond donors (Lipinski definition) is 0. The molecule has 0 bridgehead atoms. The Labute approximate surface area is 176 Å². The van der Waals surface area contributed by atoms with Crippen molar-refractivity contribution in [1.82, 2.24) is 0 Å². The zero-order valence-electron chi connectivity index (χ0n) is 16.5. The number of ether oxygens (including phenoxy) is 1. The van der Waals surface area contributed by atoms with E-state index in [-0.39, 0.29) is 23.5 Å². The Hall–Kier alpha value is -2.83. The molecule has 3 unspecified atom stereocenters. The van der Waals surface area contributed by atoms with E-state index in [4.69, 9.17) is 27.8 Å². The molecule has 29 heavy (non-hydrogen) atoms. The fraction of sp³-hybridized carbons (Fsp3) is 0.280. The van der Waals surface area contributed by atoms with Gasteiger partial charge in [0, 0.05) is 34.3 Å². The Morgan fingerprint density at radius 1 is 1.07 bits per heavy atom. The van der Waals surface area contributed by atoms with Gasteiger partial charge in [-0.05, 0) is 54.7 Å². The molecule has 0 spiro atoms. The van der Waals surface area contributed by atoms with Crippen LogP contribution in [0.3, 0.4) is 0 Å². The van der Waals surface area contributed by atoms with Gasteiger partial charge in [-0.1, -0.05) is 41.8 Å². The van der Waals surface area contributed by atoms with Crippen LogP contribution in [-0.2, 0) is 4.79 Å². The van der Waals surface area contributed by atoms with E-state index >= 15 is 0 Å². The molecule has 4 heteroatoms. The minimum Gasteiger partial charge on any atom is -0.497 e. The third-order valence-corrected chi connectivity index (χ3v) is 6.14. The topological polar surface area (TPSA) is 38.7 Å². The zero-order chi connectivity index (χ0) is 20.5.